The van der Waals surface area contributed by atoms with Gasteiger partial charge in [-0.05, 0) is 66.7 Å². The molecule has 50 heavy (non-hydrogen) atoms. The number of aromatic nitrogens is 4. The molecule has 4 aromatic heterocycles. The fourth-order valence-corrected chi connectivity index (χ4v) is 8.37. The molecule has 0 bridgehead atoms. The van der Waals surface area contributed by atoms with Gasteiger partial charge in [-0.1, -0.05) is 115 Å². The van der Waals surface area contributed by atoms with Crippen molar-refractivity contribution in [1.29, 1.82) is 0 Å². The molecule has 0 amide bonds. The molecule has 4 heterocycles. The second-order valence-corrected chi connectivity index (χ2v) is 13.0. The molecular formula is C46H30N4. The molecule has 0 fully saturated rings. The molecule has 234 valence electrons. The summed E-state index contributed by atoms with van der Waals surface area (Å²) in [6.07, 6.45) is 0. The molecule has 7 aromatic carbocycles. The van der Waals surface area contributed by atoms with Crippen LogP contribution in [0.25, 0.3) is 88.4 Å². The average molecular weight is 639 g/mol. The van der Waals surface area contributed by atoms with Crippen LogP contribution in [0.15, 0.2) is 182 Å². The smallest absolute Gasteiger partial charge is 0.131 e. The lowest BCUT2D eigenvalue weighted by Gasteiger charge is -2.15. The molecule has 11 rings (SSSR count). The number of rotatable bonds is 4. The summed E-state index contributed by atoms with van der Waals surface area (Å²) in [5, 5.41) is 6.23. The summed E-state index contributed by atoms with van der Waals surface area (Å²) in [6, 6.07) is 65.8. The van der Waals surface area contributed by atoms with Gasteiger partial charge in [0.2, 0.25) is 0 Å². The predicted molar refractivity (Wildman–Crippen MR) is 209 cm³/mol. The van der Waals surface area contributed by atoms with E-state index in [0.717, 1.165) is 22.7 Å². The van der Waals surface area contributed by atoms with E-state index in [1.807, 2.05) is 0 Å². The summed E-state index contributed by atoms with van der Waals surface area (Å²) in [5.74, 6) is 0. The Labute approximate surface area is 287 Å². The van der Waals surface area contributed by atoms with Crippen molar-refractivity contribution in [2.75, 3.05) is 0 Å². The van der Waals surface area contributed by atoms with Crippen molar-refractivity contribution < 1.29 is 0 Å². The van der Waals surface area contributed by atoms with Gasteiger partial charge in [-0.15, -0.1) is 0 Å². The van der Waals surface area contributed by atoms with Crippen LogP contribution in [0.4, 0.5) is 0 Å². The third-order valence-electron chi connectivity index (χ3n) is 10.3. The van der Waals surface area contributed by atoms with E-state index in [-0.39, 0.29) is 0 Å². The van der Waals surface area contributed by atoms with Gasteiger partial charge < -0.3 is 9.13 Å². The van der Waals surface area contributed by atoms with Crippen LogP contribution in [0, 0.1) is 0 Å². The number of para-hydroxylation sites is 6. The lowest BCUT2D eigenvalue weighted by atomic mass is 10.1. The number of hydrogen-bond donors (Lipinski definition) is 0. The van der Waals surface area contributed by atoms with Crippen LogP contribution in [0.1, 0.15) is 0 Å². The lowest BCUT2D eigenvalue weighted by molar-refractivity contribution is 1.06. The molecule has 0 saturated heterocycles. The minimum Gasteiger partial charge on any atom is -0.307 e. The molecule has 0 saturated carbocycles. The van der Waals surface area contributed by atoms with E-state index in [0.29, 0.717) is 0 Å². The highest BCUT2D eigenvalue weighted by Gasteiger charge is 2.24. The molecule has 0 aliphatic carbocycles. The first-order chi connectivity index (χ1) is 24.9. The maximum Gasteiger partial charge on any atom is 0.131 e. The fourth-order valence-electron chi connectivity index (χ4n) is 8.37. The van der Waals surface area contributed by atoms with Crippen LogP contribution < -0.4 is 0 Å². The van der Waals surface area contributed by atoms with Gasteiger partial charge in [0.1, 0.15) is 5.65 Å². The first kappa shape index (κ1) is 27.2. The maximum atomic E-state index is 2.46. The zero-order chi connectivity index (χ0) is 32.8. The van der Waals surface area contributed by atoms with Crippen molar-refractivity contribution >= 4 is 65.7 Å². The summed E-state index contributed by atoms with van der Waals surface area (Å²) < 4.78 is 9.77. The first-order valence-corrected chi connectivity index (χ1v) is 17.1. The van der Waals surface area contributed by atoms with E-state index in [4.69, 9.17) is 0 Å². The molecule has 11 aromatic rings. The molecule has 0 aliphatic rings. The van der Waals surface area contributed by atoms with Crippen LogP contribution >= 0.6 is 0 Å². The summed E-state index contributed by atoms with van der Waals surface area (Å²) in [4.78, 5) is 0. The largest absolute Gasteiger partial charge is 0.307 e. The number of fused-ring (bicyclic) bond motifs is 10. The Morgan fingerprint density at radius 2 is 0.600 bits per heavy atom. The molecule has 0 aliphatic heterocycles. The average Bonchev–Trinajstić information content (AvgIpc) is 3.90. The van der Waals surface area contributed by atoms with Crippen LogP contribution in [0.5, 0.6) is 0 Å². The quantitative estimate of drug-likeness (QED) is 0.183. The van der Waals surface area contributed by atoms with E-state index in [1.165, 1.54) is 65.7 Å². The van der Waals surface area contributed by atoms with Gasteiger partial charge in [0.05, 0.1) is 33.1 Å². The number of benzene rings is 7. The highest BCUT2D eigenvalue weighted by atomic mass is 15.1. The van der Waals surface area contributed by atoms with Gasteiger partial charge in [-0.25, -0.2) is 0 Å². The predicted octanol–water partition coefficient (Wildman–Crippen LogP) is 11.8. The van der Waals surface area contributed by atoms with Gasteiger partial charge in [-0.3, -0.25) is 9.13 Å². The Kier molecular flexibility index (Phi) is 5.63. The zero-order valence-electron chi connectivity index (χ0n) is 27.1. The third kappa shape index (κ3) is 3.65. The molecular weight excluding hydrogens is 609 g/mol. The first-order valence-electron chi connectivity index (χ1n) is 17.1. The Hall–Kier alpha value is -6.78. The topological polar surface area (TPSA) is 19.7 Å². The molecule has 0 unspecified atom stereocenters. The normalized spacial score (nSPS) is 12.0. The van der Waals surface area contributed by atoms with Gasteiger partial charge in [0.15, 0.2) is 0 Å². The van der Waals surface area contributed by atoms with Crippen molar-refractivity contribution in [1.82, 2.24) is 18.3 Å². The Balaban J connectivity index is 1.26. The highest BCUT2D eigenvalue weighted by Crippen LogP contribution is 2.43. The fraction of sp³-hybridized carbons (Fsp3) is 0. The molecule has 0 N–H and O–H groups in total. The third-order valence-corrected chi connectivity index (χ3v) is 10.3. The second kappa shape index (κ2) is 10.4. The Morgan fingerprint density at radius 1 is 0.260 bits per heavy atom. The van der Waals surface area contributed by atoms with E-state index in [1.54, 1.807) is 0 Å². The van der Waals surface area contributed by atoms with Crippen molar-refractivity contribution in [3.8, 4) is 22.7 Å². The highest BCUT2D eigenvalue weighted by molar-refractivity contribution is 6.23. The molecule has 0 atom stereocenters. The van der Waals surface area contributed by atoms with E-state index < -0.39 is 0 Å². The molecule has 0 radical (unpaired) electrons. The van der Waals surface area contributed by atoms with Gasteiger partial charge >= 0.3 is 0 Å². The standard InChI is InChI=1S/C46H30N4/c1-3-16-31(17-4-1)47-41-28-13-9-24-37(41)45-44(47)38-25-10-14-29-42(38)48(45)33-20-15-21-34(30-33)50-40-27-12-8-23-36(40)43-35-22-7-11-26-39(35)49(46(43)50)32-18-5-2-6-19-32/h1-30H. The minimum atomic E-state index is 1.12. The van der Waals surface area contributed by atoms with Crippen LogP contribution in [-0.4, -0.2) is 18.3 Å². The molecule has 4 nitrogen and oxygen atoms in total. The van der Waals surface area contributed by atoms with Crippen LogP contribution in [-0.2, 0) is 0 Å². The molecule has 0 spiro atoms. The van der Waals surface area contributed by atoms with Gasteiger partial charge in [-0.2, -0.15) is 0 Å². The van der Waals surface area contributed by atoms with Crippen molar-refractivity contribution in [3.63, 3.8) is 0 Å². The van der Waals surface area contributed by atoms with E-state index in [9.17, 15) is 0 Å². The summed E-state index contributed by atoms with van der Waals surface area (Å²) in [5.41, 5.74) is 12.9. The lowest BCUT2D eigenvalue weighted by Crippen LogP contribution is -2.02. The van der Waals surface area contributed by atoms with Crippen LogP contribution in [0.2, 0.25) is 0 Å². The molecule has 4 heteroatoms. The van der Waals surface area contributed by atoms with E-state index >= 15 is 0 Å². The zero-order valence-corrected chi connectivity index (χ0v) is 27.1. The Bertz CT molecular complexity index is 3070. The summed E-state index contributed by atoms with van der Waals surface area (Å²) in [6.45, 7) is 0. The van der Waals surface area contributed by atoms with Gasteiger partial charge in [0.25, 0.3) is 0 Å². The van der Waals surface area contributed by atoms with E-state index in [2.05, 4.69) is 200 Å². The minimum absolute atomic E-state index is 1.12. The second-order valence-electron chi connectivity index (χ2n) is 13.0. The van der Waals surface area contributed by atoms with Crippen molar-refractivity contribution in [3.05, 3.63) is 182 Å². The monoisotopic (exact) mass is 638 g/mol. The SMILES string of the molecule is c1ccc(-n2c3ccccc3c3c2c2ccccc2n3-c2cccc(-n3c4ccccc4c4c5ccccc5n(-c5ccccc5)c43)c2)cc1. The summed E-state index contributed by atoms with van der Waals surface area (Å²) >= 11 is 0. The maximum absolute atomic E-state index is 2.46. The number of nitrogens with zero attached hydrogens (tertiary/aromatic N) is 4. The van der Waals surface area contributed by atoms with Crippen LogP contribution in [0.3, 0.4) is 0 Å². The van der Waals surface area contributed by atoms with Crippen molar-refractivity contribution in [2.45, 2.75) is 0 Å². The summed E-state index contributed by atoms with van der Waals surface area (Å²) in [7, 11) is 0. The van der Waals surface area contributed by atoms with Crippen molar-refractivity contribution in [2.24, 2.45) is 0 Å². The Morgan fingerprint density at radius 3 is 1.12 bits per heavy atom. The van der Waals surface area contributed by atoms with Gasteiger partial charge in [0, 0.05) is 49.7 Å². The number of hydrogen-bond acceptors (Lipinski definition) is 0.